The average molecular weight is 240 g/mol. The standard InChI is InChI=1S/C14H12N2O2/c1-9-8-10(6-7-11(9)15)17-14-16-12-4-2-3-5-13(12)18-14/h2-8H,15H2,1H3. The highest BCUT2D eigenvalue weighted by Gasteiger charge is 2.07. The summed E-state index contributed by atoms with van der Waals surface area (Å²) < 4.78 is 11.0. The van der Waals surface area contributed by atoms with E-state index >= 15 is 0 Å². The fourth-order valence-corrected chi connectivity index (χ4v) is 1.71. The summed E-state index contributed by atoms with van der Waals surface area (Å²) in [6.07, 6.45) is 0.236. The lowest BCUT2D eigenvalue weighted by Gasteiger charge is -2.03. The molecule has 0 aliphatic carbocycles. The number of ether oxygens (including phenoxy) is 1. The Hall–Kier alpha value is -2.49. The lowest BCUT2D eigenvalue weighted by molar-refractivity contribution is 0.343. The number of fused-ring (bicyclic) bond motifs is 1. The van der Waals surface area contributed by atoms with Crippen LogP contribution in [-0.2, 0) is 0 Å². The van der Waals surface area contributed by atoms with Crippen molar-refractivity contribution in [1.82, 2.24) is 4.98 Å². The Morgan fingerprint density at radius 1 is 1.17 bits per heavy atom. The van der Waals surface area contributed by atoms with Gasteiger partial charge in [0.05, 0.1) is 0 Å². The molecule has 18 heavy (non-hydrogen) atoms. The number of hydrogen-bond acceptors (Lipinski definition) is 4. The molecule has 1 aromatic heterocycles. The Bertz CT molecular complexity index is 671. The van der Waals surface area contributed by atoms with Gasteiger partial charge in [0.1, 0.15) is 11.3 Å². The maximum Gasteiger partial charge on any atom is 0.400 e. The minimum absolute atomic E-state index is 0.236. The highest BCUT2D eigenvalue weighted by molar-refractivity contribution is 5.72. The number of oxazole rings is 1. The van der Waals surface area contributed by atoms with Gasteiger partial charge in [0.25, 0.3) is 0 Å². The van der Waals surface area contributed by atoms with Crippen molar-refractivity contribution in [2.75, 3.05) is 5.73 Å². The molecule has 0 aliphatic rings. The Morgan fingerprint density at radius 2 is 2.00 bits per heavy atom. The summed E-state index contributed by atoms with van der Waals surface area (Å²) in [5.74, 6) is 0.660. The molecule has 2 N–H and O–H groups in total. The van der Waals surface area contributed by atoms with Gasteiger partial charge in [-0.15, -0.1) is 0 Å². The third-order valence-corrected chi connectivity index (χ3v) is 2.72. The zero-order chi connectivity index (χ0) is 12.5. The molecule has 0 spiro atoms. The van der Waals surface area contributed by atoms with Crippen LogP contribution >= 0.6 is 0 Å². The molecule has 0 amide bonds. The lowest BCUT2D eigenvalue weighted by atomic mass is 10.2. The van der Waals surface area contributed by atoms with Crippen molar-refractivity contribution >= 4 is 16.8 Å². The summed E-state index contributed by atoms with van der Waals surface area (Å²) >= 11 is 0. The second-order valence-electron chi connectivity index (χ2n) is 4.07. The molecule has 0 unspecified atom stereocenters. The van der Waals surface area contributed by atoms with Crippen molar-refractivity contribution in [2.24, 2.45) is 0 Å². The van der Waals surface area contributed by atoms with E-state index in [0.29, 0.717) is 11.3 Å². The molecule has 0 atom stereocenters. The van der Waals surface area contributed by atoms with Crippen LogP contribution < -0.4 is 10.5 Å². The van der Waals surface area contributed by atoms with Crippen LogP contribution in [0.5, 0.6) is 11.8 Å². The predicted molar refractivity (Wildman–Crippen MR) is 69.7 cm³/mol. The van der Waals surface area contributed by atoms with E-state index in [1.807, 2.05) is 37.3 Å². The van der Waals surface area contributed by atoms with Crippen LogP contribution in [0.1, 0.15) is 5.56 Å². The van der Waals surface area contributed by atoms with Crippen molar-refractivity contribution in [3.63, 3.8) is 0 Å². The molecular formula is C14H12N2O2. The first-order valence-corrected chi connectivity index (χ1v) is 5.62. The number of hydrogen-bond donors (Lipinski definition) is 1. The predicted octanol–water partition coefficient (Wildman–Crippen LogP) is 3.51. The molecule has 3 rings (SSSR count). The Morgan fingerprint density at radius 3 is 2.78 bits per heavy atom. The van der Waals surface area contributed by atoms with E-state index in [1.165, 1.54) is 0 Å². The number of aromatic nitrogens is 1. The van der Waals surface area contributed by atoms with Gasteiger partial charge in [0, 0.05) is 5.69 Å². The maximum absolute atomic E-state index is 5.75. The number of nitrogens with two attached hydrogens (primary N) is 1. The second-order valence-corrected chi connectivity index (χ2v) is 4.07. The van der Waals surface area contributed by atoms with Gasteiger partial charge in [-0.1, -0.05) is 12.1 Å². The summed E-state index contributed by atoms with van der Waals surface area (Å²) in [5.41, 5.74) is 8.93. The summed E-state index contributed by atoms with van der Waals surface area (Å²) in [6.45, 7) is 1.92. The van der Waals surface area contributed by atoms with E-state index in [4.69, 9.17) is 14.9 Å². The first kappa shape index (κ1) is 10.7. The molecule has 0 saturated carbocycles. The smallest absolute Gasteiger partial charge is 0.400 e. The van der Waals surface area contributed by atoms with Crippen LogP contribution in [0.2, 0.25) is 0 Å². The molecule has 1 heterocycles. The lowest BCUT2D eigenvalue weighted by Crippen LogP contribution is -1.90. The number of aryl methyl sites for hydroxylation is 1. The van der Waals surface area contributed by atoms with Gasteiger partial charge in [0.2, 0.25) is 0 Å². The summed E-state index contributed by atoms with van der Waals surface area (Å²) in [5, 5.41) is 0. The molecule has 0 saturated heterocycles. The molecule has 3 aromatic rings. The number of rotatable bonds is 2. The van der Waals surface area contributed by atoms with Crippen molar-refractivity contribution < 1.29 is 9.15 Å². The first-order valence-electron chi connectivity index (χ1n) is 5.62. The summed E-state index contributed by atoms with van der Waals surface area (Å²) in [6, 6.07) is 13.0. The van der Waals surface area contributed by atoms with Crippen LogP contribution in [0.25, 0.3) is 11.1 Å². The van der Waals surface area contributed by atoms with Crippen molar-refractivity contribution in [1.29, 1.82) is 0 Å². The van der Waals surface area contributed by atoms with Crippen molar-refractivity contribution in [3.8, 4) is 11.8 Å². The molecule has 4 heteroatoms. The van der Waals surface area contributed by atoms with Gasteiger partial charge < -0.3 is 14.9 Å². The van der Waals surface area contributed by atoms with Gasteiger partial charge >= 0.3 is 6.08 Å². The van der Waals surface area contributed by atoms with E-state index in [2.05, 4.69) is 4.98 Å². The average Bonchev–Trinajstić information content (AvgIpc) is 2.76. The minimum Gasteiger partial charge on any atom is -0.411 e. The van der Waals surface area contributed by atoms with Crippen LogP contribution in [0.4, 0.5) is 5.69 Å². The zero-order valence-electron chi connectivity index (χ0n) is 9.88. The third-order valence-electron chi connectivity index (χ3n) is 2.72. The zero-order valence-corrected chi connectivity index (χ0v) is 9.88. The minimum atomic E-state index is 0.236. The van der Waals surface area contributed by atoms with Gasteiger partial charge in [-0.05, 0) is 42.8 Å². The van der Waals surface area contributed by atoms with Crippen LogP contribution in [-0.4, -0.2) is 4.98 Å². The Balaban J connectivity index is 1.93. The van der Waals surface area contributed by atoms with Crippen molar-refractivity contribution in [3.05, 3.63) is 48.0 Å². The fourth-order valence-electron chi connectivity index (χ4n) is 1.71. The van der Waals surface area contributed by atoms with Crippen LogP contribution in [0, 0.1) is 6.92 Å². The molecule has 4 nitrogen and oxygen atoms in total. The van der Waals surface area contributed by atoms with Crippen molar-refractivity contribution in [2.45, 2.75) is 6.92 Å². The maximum atomic E-state index is 5.75. The number of nitrogens with zero attached hydrogens (tertiary/aromatic N) is 1. The summed E-state index contributed by atoms with van der Waals surface area (Å²) in [4.78, 5) is 4.24. The van der Waals surface area contributed by atoms with Gasteiger partial charge in [-0.25, -0.2) is 0 Å². The molecular weight excluding hydrogens is 228 g/mol. The largest absolute Gasteiger partial charge is 0.411 e. The molecule has 0 radical (unpaired) electrons. The normalized spacial score (nSPS) is 10.7. The molecule has 0 fully saturated rings. The van der Waals surface area contributed by atoms with E-state index in [9.17, 15) is 0 Å². The number of anilines is 1. The quantitative estimate of drug-likeness (QED) is 0.696. The Labute approximate surface area is 104 Å². The summed E-state index contributed by atoms with van der Waals surface area (Å²) in [7, 11) is 0. The van der Waals surface area contributed by atoms with E-state index in [1.54, 1.807) is 12.1 Å². The van der Waals surface area contributed by atoms with Crippen LogP contribution in [0.15, 0.2) is 46.9 Å². The highest BCUT2D eigenvalue weighted by Crippen LogP contribution is 2.27. The SMILES string of the molecule is Cc1cc(Oc2nc3ccccc3o2)ccc1N. The topological polar surface area (TPSA) is 61.3 Å². The molecule has 0 bridgehead atoms. The Kier molecular flexibility index (Phi) is 2.41. The first-order chi connectivity index (χ1) is 8.72. The van der Waals surface area contributed by atoms with Gasteiger partial charge in [-0.2, -0.15) is 4.98 Å². The third kappa shape index (κ3) is 1.88. The second kappa shape index (κ2) is 4.07. The number of para-hydroxylation sites is 2. The fraction of sp³-hybridized carbons (Fsp3) is 0.0714. The van der Waals surface area contributed by atoms with E-state index in [-0.39, 0.29) is 6.08 Å². The van der Waals surface area contributed by atoms with Gasteiger partial charge in [0.15, 0.2) is 5.58 Å². The van der Waals surface area contributed by atoms with E-state index in [0.717, 1.165) is 16.8 Å². The molecule has 90 valence electrons. The van der Waals surface area contributed by atoms with Gasteiger partial charge in [-0.3, -0.25) is 0 Å². The monoisotopic (exact) mass is 240 g/mol. The van der Waals surface area contributed by atoms with Crippen LogP contribution in [0.3, 0.4) is 0 Å². The number of nitrogen functional groups attached to an aromatic ring is 1. The number of benzene rings is 2. The molecule has 2 aromatic carbocycles. The highest BCUT2D eigenvalue weighted by atomic mass is 16.6. The molecule has 0 aliphatic heterocycles. The van der Waals surface area contributed by atoms with E-state index < -0.39 is 0 Å².